The molecule has 6 rings (SSSR count). The summed E-state index contributed by atoms with van der Waals surface area (Å²) in [5.74, 6) is -0.354. The molecule has 9 atom stereocenters. The molecule has 0 aliphatic carbocycles. The van der Waals surface area contributed by atoms with E-state index in [1.807, 2.05) is 0 Å². The number of aliphatic hydroxyl groups is 3. The minimum atomic E-state index is -5.79. The number of nitrogens with two attached hydrogens (primary N) is 2. The molecule has 4 aromatic rings. The van der Waals surface area contributed by atoms with Gasteiger partial charge in [-0.3, -0.25) is 23.5 Å². The van der Waals surface area contributed by atoms with E-state index in [1.165, 1.54) is 0 Å². The molecule has 0 amide bonds. The van der Waals surface area contributed by atoms with Crippen LogP contribution in [0, 0.1) is 0 Å². The Morgan fingerprint density at radius 1 is 0.913 bits per heavy atom. The van der Waals surface area contributed by atoms with Crippen molar-refractivity contribution in [2.75, 3.05) is 24.7 Å². The van der Waals surface area contributed by atoms with Crippen molar-refractivity contribution in [3.8, 4) is 0 Å². The van der Waals surface area contributed by atoms with Crippen molar-refractivity contribution in [2.24, 2.45) is 0 Å². The summed E-state index contributed by atoms with van der Waals surface area (Å²) in [5, 5.41) is 31.3. The highest BCUT2D eigenvalue weighted by Gasteiger charge is 2.49. The highest BCUT2D eigenvalue weighted by molar-refractivity contribution is 7.45. The Morgan fingerprint density at radius 2 is 1.59 bits per heavy atom. The molecule has 250 valence electrons. The Hall–Kier alpha value is -3.48. The minimum absolute atomic E-state index is 0.0343. The van der Waals surface area contributed by atoms with Crippen LogP contribution in [0.15, 0.2) is 23.8 Å². The molecular formula is C20H23N10O14P2-3. The maximum absolute atomic E-state index is 13.0. The number of aromatic nitrogens is 8. The Morgan fingerprint density at radius 3 is 2.28 bits per heavy atom. The largest absolute Gasteiger partial charge is 0.790 e. The number of aliphatic hydroxyl groups excluding tert-OH is 3. The number of aromatic amines is 1. The predicted molar refractivity (Wildman–Crippen MR) is 140 cm³/mol. The molecule has 26 heteroatoms. The van der Waals surface area contributed by atoms with Gasteiger partial charge in [0.25, 0.3) is 13.4 Å². The number of anilines is 2. The molecular weight excluding hydrogens is 666 g/mol. The zero-order valence-electron chi connectivity index (χ0n) is 22.8. The number of rotatable bonds is 10. The number of hydrogen-bond acceptors (Lipinski definition) is 21. The number of nitrogens with one attached hydrogen (secondary N) is 1. The van der Waals surface area contributed by atoms with Crippen LogP contribution < -0.4 is 31.7 Å². The van der Waals surface area contributed by atoms with E-state index in [4.69, 9.17) is 30.0 Å². The van der Waals surface area contributed by atoms with E-state index >= 15 is 0 Å². The SMILES string of the molecule is Nc1nc2c(ncn2[C@@H]2O[C@H](CO)C(O)C2OP(=O)([O-])OC[C@H]2O[C@@H](n3cnc4c(N)ncnc43)C(O)C2OP(=O)([O-])[O-])c(=O)[nH]1. The molecule has 2 aliphatic rings. The van der Waals surface area contributed by atoms with Crippen LogP contribution in [0.5, 0.6) is 0 Å². The summed E-state index contributed by atoms with van der Waals surface area (Å²) in [4.78, 5) is 70.0. The first-order chi connectivity index (χ1) is 21.7. The molecule has 0 saturated carbocycles. The molecule has 8 N–H and O–H groups in total. The zero-order valence-corrected chi connectivity index (χ0v) is 24.6. The molecule has 0 aromatic carbocycles. The van der Waals surface area contributed by atoms with Gasteiger partial charge in [-0.15, -0.1) is 0 Å². The molecule has 46 heavy (non-hydrogen) atoms. The summed E-state index contributed by atoms with van der Waals surface area (Å²) in [6.45, 7) is -1.87. The molecule has 2 fully saturated rings. The summed E-state index contributed by atoms with van der Waals surface area (Å²) in [7, 11) is -11.3. The lowest BCUT2D eigenvalue weighted by Gasteiger charge is -2.35. The fourth-order valence-electron chi connectivity index (χ4n) is 5.10. The Balaban J connectivity index is 1.24. The van der Waals surface area contributed by atoms with E-state index < -0.39 is 83.5 Å². The summed E-state index contributed by atoms with van der Waals surface area (Å²) in [6.07, 6.45) is -10.5. The molecule has 6 heterocycles. The minimum Gasteiger partial charge on any atom is -0.790 e. The lowest BCUT2D eigenvalue weighted by molar-refractivity contribution is -0.347. The molecule has 24 nitrogen and oxygen atoms in total. The highest BCUT2D eigenvalue weighted by Crippen LogP contribution is 2.48. The molecule has 5 unspecified atom stereocenters. The lowest BCUT2D eigenvalue weighted by atomic mass is 10.1. The molecule has 0 radical (unpaired) electrons. The van der Waals surface area contributed by atoms with Crippen molar-refractivity contribution in [1.29, 1.82) is 0 Å². The first-order valence-corrected chi connectivity index (χ1v) is 15.9. The Labute approximate surface area is 254 Å². The van der Waals surface area contributed by atoms with Gasteiger partial charge in [0, 0.05) is 0 Å². The van der Waals surface area contributed by atoms with Gasteiger partial charge < -0.3 is 69.1 Å². The van der Waals surface area contributed by atoms with Crippen LogP contribution in [0.1, 0.15) is 12.5 Å². The van der Waals surface area contributed by atoms with Gasteiger partial charge in [0.2, 0.25) is 5.95 Å². The van der Waals surface area contributed by atoms with E-state index in [0.29, 0.717) is 0 Å². The van der Waals surface area contributed by atoms with E-state index in [1.54, 1.807) is 0 Å². The summed E-state index contributed by atoms with van der Waals surface area (Å²) < 4.78 is 52.3. The second-order valence-electron chi connectivity index (χ2n) is 9.98. The van der Waals surface area contributed by atoms with Gasteiger partial charge in [-0.05, 0) is 0 Å². The molecule has 2 aliphatic heterocycles. The Bertz CT molecular complexity index is 1910. The number of hydrogen-bond donors (Lipinski definition) is 6. The van der Waals surface area contributed by atoms with Gasteiger partial charge in [0.05, 0.1) is 33.7 Å². The molecule has 0 spiro atoms. The van der Waals surface area contributed by atoms with Crippen molar-refractivity contribution in [3.05, 3.63) is 29.3 Å². The normalized spacial score (nSPS) is 30.0. The van der Waals surface area contributed by atoms with Crippen LogP contribution in [-0.4, -0.2) is 104 Å². The molecule has 0 bridgehead atoms. The van der Waals surface area contributed by atoms with E-state index in [2.05, 4.69) is 34.4 Å². The van der Waals surface area contributed by atoms with Gasteiger partial charge in [0.1, 0.15) is 48.5 Å². The summed E-state index contributed by atoms with van der Waals surface area (Å²) in [6, 6.07) is 0. The van der Waals surface area contributed by atoms with Crippen LogP contribution in [0.4, 0.5) is 11.8 Å². The van der Waals surface area contributed by atoms with Crippen LogP contribution >= 0.6 is 15.6 Å². The number of imidazole rings is 2. The van der Waals surface area contributed by atoms with E-state index in [0.717, 1.165) is 28.1 Å². The van der Waals surface area contributed by atoms with Gasteiger partial charge in [-0.25, -0.2) is 19.9 Å². The summed E-state index contributed by atoms with van der Waals surface area (Å²) in [5.41, 5.74) is 10.4. The van der Waals surface area contributed by atoms with Gasteiger partial charge in [0.15, 0.2) is 35.1 Å². The third-order valence-electron chi connectivity index (χ3n) is 7.09. The second-order valence-corrected chi connectivity index (χ2v) is 12.5. The van der Waals surface area contributed by atoms with Crippen LogP contribution in [-0.2, 0) is 32.2 Å². The van der Waals surface area contributed by atoms with Crippen molar-refractivity contribution in [1.82, 2.24) is 39.0 Å². The number of fused-ring (bicyclic) bond motifs is 2. The number of nitrogen functional groups attached to an aromatic ring is 2. The second kappa shape index (κ2) is 12.0. The maximum Gasteiger partial charge on any atom is 0.280 e. The average molecular weight is 689 g/mol. The van der Waals surface area contributed by atoms with Gasteiger partial charge >= 0.3 is 0 Å². The van der Waals surface area contributed by atoms with E-state index in [-0.39, 0.29) is 34.1 Å². The standard InChI is InChI=1S/C20H26N10O14P2/c21-14-8-15(24-3-23-14)29(4-25-8)18-11(33)12(43-45(35,36)37)7(42-18)2-40-46(38,39)44-13-10(32)6(1-31)41-19(13)30-5-26-9-16(30)27-20(22)28-17(9)34/h3-7,10-13,18-19,31-33H,1-2H2,(H,38,39)(H2,21,23,24)(H2,35,36,37)(H3,22,27,28,34)/p-3/t6-,7-,10?,11?,12?,13?,18-,19-/m1/s1. The number of nitrogens with zero attached hydrogens (tertiary/aromatic N) is 7. The van der Waals surface area contributed by atoms with Crippen molar-refractivity contribution in [2.45, 2.75) is 49.1 Å². The lowest BCUT2D eigenvalue weighted by Crippen LogP contribution is -2.39. The number of phosphoric ester groups is 2. The van der Waals surface area contributed by atoms with Crippen LogP contribution in [0.25, 0.3) is 22.3 Å². The number of H-pyrrole nitrogens is 1. The van der Waals surface area contributed by atoms with Crippen LogP contribution in [0.3, 0.4) is 0 Å². The quantitative estimate of drug-likeness (QED) is 0.0846. The third kappa shape index (κ3) is 6.02. The predicted octanol–water partition coefficient (Wildman–Crippen LogP) is -5.28. The smallest absolute Gasteiger partial charge is 0.280 e. The third-order valence-corrected chi connectivity index (χ3v) is 8.56. The van der Waals surface area contributed by atoms with Crippen molar-refractivity contribution >= 4 is 49.7 Å². The number of ether oxygens (including phenoxy) is 2. The monoisotopic (exact) mass is 689 g/mol. The summed E-state index contributed by atoms with van der Waals surface area (Å²) >= 11 is 0. The fraction of sp³-hybridized carbons (Fsp3) is 0.500. The highest BCUT2D eigenvalue weighted by atomic mass is 31.2. The van der Waals surface area contributed by atoms with Crippen molar-refractivity contribution < 1.29 is 62.2 Å². The fourth-order valence-corrected chi connectivity index (χ4v) is 6.58. The zero-order chi connectivity index (χ0) is 33.1. The average Bonchev–Trinajstić information content (AvgIpc) is 3.73. The van der Waals surface area contributed by atoms with Gasteiger partial charge in [-0.2, -0.15) is 4.98 Å². The number of phosphoric acid groups is 2. The van der Waals surface area contributed by atoms with Crippen molar-refractivity contribution in [3.63, 3.8) is 0 Å². The first-order valence-electron chi connectivity index (χ1n) is 12.9. The molecule has 4 aromatic heterocycles. The Kier molecular flexibility index (Phi) is 8.43. The molecule has 2 saturated heterocycles. The first kappa shape index (κ1) is 32.5. The topological polar surface area (TPSA) is 369 Å². The van der Waals surface area contributed by atoms with E-state index in [9.17, 15) is 43.9 Å². The maximum atomic E-state index is 13.0. The van der Waals surface area contributed by atoms with Crippen LogP contribution in [0.2, 0.25) is 0 Å². The van der Waals surface area contributed by atoms with Gasteiger partial charge in [-0.1, -0.05) is 0 Å².